The molecule has 3 amide bonds. The standard InChI is InChI=1S/C29H30N2O3.C16H20INO3.C16H22N2O3/c1-29(2,3)34-28(32)31-19-24-18-25(31)27(33-24)22-14-16-23(17-15-22)30-26(20-10-6-4-7-11-20)21-12-8-5-9-13-21;2*1-16(2,3)21-15(19)18-9-12-8-13(18)14(20-12)10-4-6-11(17)7-5-10/h4-17,24-25,27H,18-19H2,1-3H3;4-7,12-14H,8-9H2,1-3H3;4-7,12-14H,8-9,17H2,1-3H3. The number of nitrogens with two attached hydrogens (primary N) is 1. The molecule has 2 N–H and O–H groups in total. The molecule has 5 aromatic carbocycles. The Labute approximate surface area is 461 Å². The first-order valence-electron chi connectivity index (χ1n) is 26.4. The summed E-state index contributed by atoms with van der Waals surface area (Å²) in [6.07, 6.45) is 1.90. The zero-order chi connectivity index (χ0) is 54.1. The minimum atomic E-state index is -0.510. The molecule has 6 aliphatic heterocycles. The number of aliphatic imine (C=N–C) groups is 1. The molecule has 5 aromatic rings. The first-order valence-corrected chi connectivity index (χ1v) is 27.5. The number of carbonyl (C=O) groups excluding carboxylic acids is 3. The number of morpholine rings is 3. The van der Waals surface area contributed by atoms with Gasteiger partial charge in [0.1, 0.15) is 35.1 Å². The molecule has 11 rings (SSSR count). The molecule has 0 aromatic heterocycles. The Kier molecular flexibility index (Phi) is 16.2. The molecule has 6 bridgehead atoms. The van der Waals surface area contributed by atoms with Crippen molar-refractivity contribution in [1.29, 1.82) is 0 Å². The normalized spacial score (nSPS) is 25.0. The highest BCUT2D eigenvalue weighted by Gasteiger charge is 2.52. The predicted octanol–water partition coefficient (Wildman–Crippen LogP) is 12.8. The van der Waals surface area contributed by atoms with Crippen molar-refractivity contribution < 1.29 is 42.8 Å². The van der Waals surface area contributed by atoms with Crippen LogP contribution in [-0.2, 0) is 28.4 Å². The van der Waals surface area contributed by atoms with E-state index in [1.54, 1.807) is 4.90 Å². The van der Waals surface area contributed by atoms with E-state index in [0.29, 0.717) is 19.6 Å². The van der Waals surface area contributed by atoms with Crippen molar-refractivity contribution in [2.75, 3.05) is 25.4 Å². The van der Waals surface area contributed by atoms with Gasteiger partial charge in [-0.3, -0.25) is 14.7 Å². The van der Waals surface area contributed by atoms with Crippen molar-refractivity contribution in [3.63, 3.8) is 0 Å². The van der Waals surface area contributed by atoms with Gasteiger partial charge in [0, 0.05) is 20.4 Å². The average molecular weight is 1150 g/mol. The molecular weight excluding hydrogens is 1070 g/mol. The maximum atomic E-state index is 12.7. The summed E-state index contributed by atoms with van der Waals surface area (Å²) in [6.45, 7) is 18.9. The van der Waals surface area contributed by atoms with Crippen LogP contribution in [0.1, 0.15) is 128 Å². The first kappa shape index (κ1) is 54.8. The van der Waals surface area contributed by atoms with Crippen molar-refractivity contribution in [1.82, 2.24) is 14.7 Å². The fourth-order valence-corrected chi connectivity index (χ4v) is 11.1. The fraction of sp³-hybridized carbons (Fsp3) is 0.443. The highest BCUT2D eigenvalue weighted by Crippen LogP contribution is 2.45. The Hall–Kier alpha value is -6.01. The van der Waals surface area contributed by atoms with Crippen molar-refractivity contribution in [2.45, 2.75) is 153 Å². The third-order valence-corrected chi connectivity index (χ3v) is 14.6. The monoisotopic (exact) mass is 1150 g/mol. The highest BCUT2D eigenvalue weighted by atomic mass is 127. The Morgan fingerprint density at radius 1 is 0.487 bits per heavy atom. The summed E-state index contributed by atoms with van der Waals surface area (Å²) in [5.74, 6) is 0. The molecule has 14 nitrogen and oxygen atoms in total. The van der Waals surface area contributed by atoms with Crippen molar-refractivity contribution >= 4 is 58.0 Å². The zero-order valence-corrected chi connectivity index (χ0v) is 47.2. The van der Waals surface area contributed by atoms with Crippen LogP contribution >= 0.6 is 22.6 Å². The summed E-state index contributed by atoms with van der Waals surface area (Å²) < 4.78 is 36.1. The van der Waals surface area contributed by atoms with Gasteiger partial charge < -0.3 is 34.2 Å². The van der Waals surface area contributed by atoms with Crippen LogP contribution in [-0.4, -0.2) is 112 Å². The van der Waals surface area contributed by atoms with Crippen molar-refractivity contribution in [3.05, 3.63) is 165 Å². The van der Waals surface area contributed by atoms with E-state index < -0.39 is 16.8 Å². The van der Waals surface area contributed by atoms with Gasteiger partial charge >= 0.3 is 18.3 Å². The molecule has 0 spiro atoms. The Morgan fingerprint density at radius 3 is 1.12 bits per heavy atom. The van der Waals surface area contributed by atoms with Gasteiger partial charge in [0.25, 0.3) is 0 Å². The van der Waals surface area contributed by atoms with Crippen LogP contribution in [0.4, 0.5) is 25.8 Å². The number of fused-ring (bicyclic) bond motifs is 6. The third kappa shape index (κ3) is 13.4. The average Bonchev–Trinajstić information content (AvgIpc) is 4.26. The molecule has 9 atom stereocenters. The number of nitrogen functional groups attached to an aromatic ring is 1. The van der Waals surface area contributed by atoms with E-state index in [4.69, 9.17) is 39.1 Å². The predicted molar refractivity (Wildman–Crippen MR) is 302 cm³/mol. The van der Waals surface area contributed by atoms with Gasteiger partial charge in [-0.05, 0) is 157 Å². The Balaban J connectivity index is 0.000000146. The lowest BCUT2D eigenvalue weighted by atomic mass is 10.0. The van der Waals surface area contributed by atoms with Crippen LogP contribution in [0.3, 0.4) is 0 Å². The summed E-state index contributed by atoms with van der Waals surface area (Å²) in [6, 6.07) is 44.7. The topological polar surface area (TPSA) is 155 Å². The molecule has 402 valence electrons. The number of amides is 3. The maximum absolute atomic E-state index is 12.7. The van der Waals surface area contributed by atoms with Gasteiger partial charge in [0.2, 0.25) is 0 Å². The van der Waals surface area contributed by atoms with E-state index in [1.807, 2.05) is 145 Å². The molecule has 0 saturated carbocycles. The number of hydrogen-bond donors (Lipinski definition) is 1. The third-order valence-electron chi connectivity index (χ3n) is 13.9. The van der Waals surface area contributed by atoms with E-state index >= 15 is 0 Å². The Bertz CT molecular complexity index is 2690. The molecule has 9 unspecified atom stereocenters. The van der Waals surface area contributed by atoms with Crippen LogP contribution in [0.5, 0.6) is 0 Å². The van der Waals surface area contributed by atoms with Crippen LogP contribution in [0.2, 0.25) is 0 Å². The molecule has 6 heterocycles. The number of halogens is 1. The van der Waals surface area contributed by atoms with Gasteiger partial charge in [-0.25, -0.2) is 19.4 Å². The Morgan fingerprint density at radius 2 is 0.803 bits per heavy atom. The minimum Gasteiger partial charge on any atom is -0.444 e. The highest BCUT2D eigenvalue weighted by molar-refractivity contribution is 14.1. The minimum absolute atomic E-state index is 0.00148. The molecular formula is C61H72IN5O9. The van der Waals surface area contributed by atoms with Crippen LogP contribution < -0.4 is 5.73 Å². The summed E-state index contributed by atoms with van der Waals surface area (Å²) >= 11 is 2.29. The molecule has 6 aliphatic rings. The number of hydrogen-bond acceptors (Lipinski definition) is 11. The van der Waals surface area contributed by atoms with E-state index in [0.717, 1.165) is 64.2 Å². The number of benzene rings is 5. The second-order valence-corrected chi connectivity index (χ2v) is 24.6. The lowest BCUT2D eigenvalue weighted by molar-refractivity contribution is -0.0468. The second-order valence-electron chi connectivity index (χ2n) is 23.3. The van der Waals surface area contributed by atoms with Gasteiger partial charge in [-0.15, -0.1) is 0 Å². The summed E-state index contributed by atoms with van der Waals surface area (Å²) in [5, 5.41) is 0. The largest absolute Gasteiger partial charge is 0.444 e. The fourth-order valence-electron chi connectivity index (χ4n) is 10.7. The smallest absolute Gasteiger partial charge is 0.410 e. The summed E-state index contributed by atoms with van der Waals surface area (Å²) in [4.78, 5) is 47.8. The second kappa shape index (κ2) is 22.5. The number of likely N-dealkylation sites (tertiary alicyclic amines) is 3. The van der Waals surface area contributed by atoms with E-state index in [-0.39, 0.29) is 73.0 Å². The quantitative estimate of drug-likeness (QED) is 0.0752. The van der Waals surface area contributed by atoms with Gasteiger partial charge in [0.05, 0.1) is 67.5 Å². The summed E-state index contributed by atoms with van der Waals surface area (Å²) in [7, 11) is 0. The maximum Gasteiger partial charge on any atom is 0.410 e. The van der Waals surface area contributed by atoms with E-state index in [2.05, 4.69) is 83.3 Å². The van der Waals surface area contributed by atoms with Crippen molar-refractivity contribution in [3.8, 4) is 0 Å². The lowest BCUT2D eigenvalue weighted by Gasteiger charge is -2.34. The number of ether oxygens (including phenoxy) is 6. The molecule has 6 saturated heterocycles. The summed E-state index contributed by atoms with van der Waals surface area (Å²) in [5.41, 5.74) is 12.2. The van der Waals surface area contributed by atoms with E-state index in [9.17, 15) is 14.4 Å². The van der Waals surface area contributed by atoms with Crippen LogP contribution in [0.15, 0.2) is 138 Å². The number of nitrogens with zero attached hydrogens (tertiary/aromatic N) is 4. The molecule has 0 aliphatic carbocycles. The number of anilines is 1. The van der Waals surface area contributed by atoms with Gasteiger partial charge in [-0.2, -0.15) is 0 Å². The first-order chi connectivity index (χ1) is 36.0. The zero-order valence-electron chi connectivity index (χ0n) is 45.1. The number of rotatable bonds is 6. The number of carbonyl (C=O) groups is 3. The van der Waals surface area contributed by atoms with E-state index in [1.165, 1.54) is 3.57 Å². The van der Waals surface area contributed by atoms with Crippen LogP contribution in [0, 0.1) is 3.57 Å². The molecule has 6 fully saturated rings. The lowest BCUT2D eigenvalue weighted by Crippen LogP contribution is -2.45. The molecule has 15 heteroatoms. The SMILES string of the molecule is CC(C)(C)OC(=O)N1CC2CC1C(c1ccc(I)cc1)O2.CC(C)(C)OC(=O)N1CC2CC1C(c1ccc(N)cc1)O2.CC(C)(C)OC(=O)N1CC2CC1C(c1ccc(N=C(c3ccccc3)c3ccccc3)cc1)O2. The van der Waals surface area contributed by atoms with Crippen molar-refractivity contribution in [2.24, 2.45) is 4.99 Å². The molecule has 0 radical (unpaired) electrons. The van der Waals surface area contributed by atoms with Crippen LogP contribution in [0.25, 0.3) is 0 Å². The van der Waals surface area contributed by atoms with Gasteiger partial charge in [-0.1, -0.05) is 97.1 Å². The van der Waals surface area contributed by atoms with Gasteiger partial charge in [0.15, 0.2) is 0 Å². The molecule has 76 heavy (non-hydrogen) atoms.